The van der Waals surface area contributed by atoms with Crippen LogP contribution in [0.4, 0.5) is 0 Å². The van der Waals surface area contributed by atoms with Gasteiger partial charge in [0.1, 0.15) is 0 Å². The van der Waals surface area contributed by atoms with Crippen LogP contribution in [0.25, 0.3) is 5.69 Å². The molecule has 29 heavy (non-hydrogen) atoms. The van der Waals surface area contributed by atoms with Crippen LogP contribution in [0.1, 0.15) is 19.8 Å². The van der Waals surface area contributed by atoms with E-state index in [2.05, 4.69) is 32.7 Å². The summed E-state index contributed by atoms with van der Waals surface area (Å²) in [6, 6.07) is 9.60. The first-order valence-electron chi connectivity index (χ1n) is 9.91. The number of para-hydroxylation sites is 1. The van der Waals surface area contributed by atoms with Gasteiger partial charge in [0.2, 0.25) is 17.0 Å². The quantitative estimate of drug-likeness (QED) is 0.476. The summed E-state index contributed by atoms with van der Waals surface area (Å²) in [5, 5.41) is 15.3. The van der Waals surface area contributed by atoms with Crippen LogP contribution >= 0.6 is 11.8 Å². The van der Waals surface area contributed by atoms with Crippen LogP contribution in [-0.2, 0) is 9.59 Å². The number of carbonyl (C=O) groups excluding carboxylic acids is 2. The van der Waals surface area contributed by atoms with Gasteiger partial charge in [-0.1, -0.05) is 43.3 Å². The Morgan fingerprint density at radius 2 is 1.90 bits per heavy atom. The summed E-state index contributed by atoms with van der Waals surface area (Å²) in [6.45, 7) is 5.90. The molecule has 0 atom stereocenters. The zero-order valence-electron chi connectivity index (χ0n) is 16.7. The number of rotatable bonds is 9. The van der Waals surface area contributed by atoms with Crippen molar-refractivity contribution in [2.24, 2.45) is 0 Å². The number of nitrogens with one attached hydrogen (secondary N) is 1. The van der Waals surface area contributed by atoms with Crippen molar-refractivity contribution in [3.05, 3.63) is 30.3 Å². The lowest BCUT2D eigenvalue weighted by atomic mass is 10.3. The monoisotopic (exact) mass is 417 g/mol. The highest BCUT2D eigenvalue weighted by molar-refractivity contribution is 7.99. The Hall–Kier alpha value is -2.46. The summed E-state index contributed by atoms with van der Waals surface area (Å²) in [5.74, 6) is 0.399. The molecule has 3 rings (SSSR count). The third-order valence-electron chi connectivity index (χ3n) is 4.71. The van der Waals surface area contributed by atoms with E-state index in [9.17, 15) is 9.59 Å². The molecule has 9 nitrogen and oxygen atoms in total. The van der Waals surface area contributed by atoms with E-state index in [1.54, 1.807) is 4.68 Å². The van der Waals surface area contributed by atoms with Crippen LogP contribution in [-0.4, -0.2) is 86.8 Å². The molecule has 1 fully saturated rings. The van der Waals surface area contributed by atoms with Crippen molar-refractivity contribution in [1.82, 2.24) is 35.3 Å². The fourth-order valence-electron chi connectivity index (χ4n) is 3.04. The predicted octanol–water partition coefficient (Wildman–Crippen LogP) is 0.815. The number of hydrogen-bond donors (Lipinski definition) is 1. The van der Waals surface area contributed by atoms with Gasteiger partial charge in [0.05, 0.1) is 18.0 Å². The maximum Gasteiger partial charge on any atom is 0.234 e. The molecule has 0 aliphatic carbocycles. The zero-order chi connectivity index (χ0) is 20.5. The molecule has 1 N–H and O–H groups in total. The second-order valence-corrected chi connectivity index (χ2v) is 7.80. The molecule has 1 aliphatic rings. The Labute approximate surface area is 174 Å². The minimum atomic E-state index is 0.0570. The van der Waals surface area contributed by atoms with E-state index in [0.29, 0.717) is 37.9 Å². The van der Waals surface area contributed by atoms with Gasteiger partial charge in [-0.3, -0.25) is 14.5 Å². The van der Waals surface area contributed by atoms with Gasteiger partial charge >= 0.3 is 0 Å². The number of thioether (sulfide) groups is 1. The van der Waals surface area contributed by atoms with Crippen LogP contribution in [0.5, 0.6) is 0 Å². The lowest BCUT2D eigenvalue weighted by molar-refractivity contribution is -0.130. The van der Waals surface area contributed by atoms with Crippen LogP contribution < -0.4 is 5.32 Å². The van der Waals surface area contributed by atoms with Crippen LogP contribution in [0.2, 0.25) is 0 Å². The Bertz CT molecular complexity index is 791. The van der Waals surface area contributed by atoms with Crippen molar-refractivity contribution in [2.45, 2.75) is 24.9 Å². The number of unbranched alkanes of at least 4 members (excludes halogenated alkanes) is 1. The van der Waals surface area contributed by atoms with Crippen molar-refractivity contribution in [2.75, 3.05) is 45.0 Å². The molecule has 1 aromatic heterocycles. The smallest absolute Gasteiger partial charge is 0.234 e. The van der Waals surface area contributed by atoms with E-state index in [1.165, 1.54) is 11.8 Å². The van der Waals surface area contributed by atoms with E-state index in [4.69, 9.17) is 0 Å². The van der Waals surface area contributed by atoms with Gasteiger partial charge in [-0.2, -0.15) is 4.68 Å². The molecule has 0 saturated carbocycles. The number of piperazine rings is 1. The molecule has 0 unspecified atom stereocenters. The van der Waals surface area contributed by atoms with E-state index in [1.807, 2.05) is 35.2 Å². The van der Waals surface area contributed by atoms with E-state index < -0.39 is 0 Å². The number of aromatic nitrogens is 4. The highest BCUT2D eigenvalue weighted by atomic mass is 32.2. The number of hydrogen-bond acceptors (Lipinski definition) is 7. The van der Waals surface area contributed by atoms with Gasteiger partial charge in [0.15, 0.2) is 0 Å². The summed E-state index contributed by atoms with van der Waals surface area (Å²) in [5.41, 5.74) is 0.860. The molecular formula is C19H27N7O2S. The summed E-state index contributed by atoms with van der Waals surface area (Å²) >= 11 is 1.33. The highest BCUT2D eigenvalue weighted by Crippen LogP contribution is 2.18. The summed E-state index contributed by atoms with van der Waals surface area (Å²) in [4.78, 5) is 28.4. The number of tetrazole rings is 1. The number of amides is 2. The Morgan fingerprint density at radius 3 is 2.62 bits per heavy atom. The molecule has 0 spiro atoms. The minimum Gasteiger partial charge on any atom is -0.355 e. The lowest BCUT2D eigenvalue weighted by Gasteiger charge is -2.34. The third-order valence-corrected chi connectivity index (χ3v) is 5.62. The van der Waals surface area contributed by atoms with Gasteiger partial charge in [-0.15, -0.1) is 5.10 Å². The third kappa shape index (κ3) is 6.26. The zero-order valence-corrected chi connectivity index (χ0v) is 17.5. The van der Waals surface area contributed by atoms with Gasteiger partial charge in [-0.25, -0.2) is 0 Å². The fourth-order valence-corrected chi connectivity index (χ4v) is 3.83. The van der Waals surface area contributed by atoms with Crippen LogP contribution in [0, 0.1) is 0 Å². The second kappa shape index (κ2) is 10.9. The van der Waals surface area contributed by atoms with Gasteiger partial charge < -0.3 is 10.2 Å². The number of nitrogens with zero attached hydrogens (tertiary/aromatic N) is 6. The topological polar surface area (TPSA) is 96.2 Å². The first kappa shape index (κ1) is 21.3. The molecule has 10 heteroatoms. The standard InChI is InChI=1S/C19H27N7O2S/c1-2-3-9-20-17(27)14-24-10-12-25(13-11-24)18(28)15-29-19-21-22-23-26(19)16-7-5-4-6-8-16/h4-8H,2-3,9-15H2,1H3,(H,20,27). The minimum absolute atomic E-state index is 0.0570. The first-order valence-corrected chi connectivity index (χ1v) is 10.9. The van der Waals surface area contributed by atoms with E-state index in [0.717, 1.165) is 25.1 Å². The number of benzene rings is 1. The van der Waals surface area contributed by atoms with Gasteiger partial charge in [0, 0.05) is 32.7 Å². The number of carbonyl (C=O) groups is 2. The Morgan fingerprint density at radius 1 is 1.14 bits per heavy atom. The SMILES string of the molecule is CCCCNC(=O)CN1CCN(C(=O)CSc2nnnn2-c2ccccc2)CC1. The molecule has 1 saturated heterocycles. The van der Waals surface area contributed by atoms with E-state index >= 15 is 0 Å². The Kier molecular flexibility index (Phi) is 8.00. The summed E-state index contributed by atoms with van der Waals surface area (Å²) in [6.07, 6.45) is 2.07. The molecular weight excluding hydrogens is 390 g/mol. The van der Waals surface area contributed by atoms with E-state index in [-0.39, 0.29) is 17.6 Å². The van der Waals surface area contributed by atoms with Crippen molar-refractivity contribution in [3.63, 3.8) is 0 Å². The average Bonchev–Trinajstić information content (AvgIpc) is 3.22. The fraction of sp³-hybridized carbons (Fsp3) is 0.526. The molecule has 2 amide bonds. The van der Waals surface area contributed by atoms with Gasteiger partial charge in [-0.05, 0) is 29.0 Å². The van der Waals surface area contributed by atoms with Gasteiger partial charge in [0.25, 0.3) is 0 Å². The Balaban J connectivity index is 1.42. The molecule has 0 radical (unpaired) electrons. The molecule has 2 heterocycles. The summed E-state index contributed by atoms with van der Waals surface area (Å²) in [7, 11) is 0. The maximum absolute atomic E-state index is 12.6. The molecule has 0 bridgehead atoms. The van der Waals surface area contributed by atoms with Crippen molar-refractivity contribution in [1.29, 1.82) is 0 Å². The van der Waals surface area contributed by atoms with Crippen molar-refractivity contribution < 1.29 is 9.59 Å². The van der Waals surface area contributed by atoms with Crippen molar-refractivity contribution in [3.8, 4) is 5.69 Å². The molecule has 1 aromatic carbocycles. The normalized spacial score (nSPS) is 14.7. The maximum atomic E-state index is 12.6. The molecule has 156 valence electrons. The lowest BCUT2D eigenvalue weighted by Crippen LogP contribution is -2.51. The molecule has 1 aliphatic heterocycles. The van der Waals surface area contributed by atoms with Crippen LogP contribution in [0.3, 0.4) is 0 Å². The second-order valence-electron chi connectivity index (χ2n) is 6.86. The first-order chi connectivity index (χ1) is 14.2. The average molecular weight is 418 g/mol. The predicted molar refractivity (Wildman–Crippen MR) is 111 cm³/mol. The van der Waals surface area contributed by atoms with Crippen LogP contribution in [0.15, 0.2) is 35.5 Å². The summed E-state index contributed by atoms with van der Waals surface area (Å²) < 4.78 is 1.63. The van der Waals surface area contributed by atoms with Crippen molar-refractivity contribution >= 4 is 23.6 Å². The highest BCUT2D eigenvalue weighted by Gasteiger charge is 2.23. The molecule has 2 aromatic rings. The largest absolute Gasteiger partial charge is 0.355 e.